The third kappa shape index (κ3) is 3.76. The lowest BCUT2D eigenvalue weighted by molar-refractivity contribution is -0.117. The van der Waals surface area contributed by atoms with Crippen molar-refractivity contribution in [3.05, 3.63) is 103 Å². The molecule has 4 aromatic rings. The number of aryl methyl sites for hydroxylation is 2. The summed E-state index contributed by atoms with van der Waals surface area (Å²) >= 11 is 8.90. The maximum Gasteiger partial charge on any atom is 0.294 e. The number of rotatable bonds is 5. The number of aromatic nitrogens is 1. The second-order valence-electron chi connectivity index (χ2n) is 7.92. The minimum atomic E-state index is -0.764. The highest BCUT2D eigenvalue weighted by Crippen LogP contribution is 2.45. The molecule has 2 aromatic carbocycles. The fourth-order valence-corrected chi connectivity index (χ4v) is 6.31. The topological polar surface area (TPSA) is 70.5 Å². The lowest BCUT2D eigenvalue weighted by Crippen LogP contribution is -2.30. The molecule has 1 amide bonds. The van der Waals surface area contributed by atoms with Gasteiger partial charge in [0.1, 0.15) is 11.0 Å². The van der Waals surface area contributed by atoms with Crippen molar-refractivity contribution in [3.63, 3.8) is 0 Å². The van der Waals surface area contributed by atoms with Crippen LogP contribution in [0.2, 0.25) is 5.02 Å². The summed E-state index contributed by atoms with van der Waals surface area (Å²) in [5.41, 5.74) is 2.96. The summed E-state index contributed by atoms with van der Waals surface area (Å²) in [6.07, 6.45) is 0. The van der Waals surface area contributed by atoms with Gasteiger partial charge in [-0.2, -0.15) is 0 Å². The van der Waals surface area contributed by atoms with Crippen molar-refractivity contribution in [1.29, 1.82) is 0 Å². The molecule has 1 aliphatic rings. The Hall–Kier alpha value is -3.26. The zero-order chi connectivity index (χ0) is 24.0. The third-order valence-corrected chi connectivity index (χ3v) is 8.22. The number of aliphatic hydroxyl groups excluding tert-OH is 1. The Balaban J connectivity index is 1.64. The van der Waals surface area contributed by atoms with Crippen molar-refractivity contribution in [1.82, 2.24) is 4.98 Å². The van der Waals surface area contributed by atoms with Crippen LogP contribution in [0.1, 0.15) is 31.8 Å². The van der Waals surface area contributed by atoms with Gasteiger partial charge in [0.25, 0.3) is 5.91 Å². The Labute approximate surface area is 209 Å². The first kappa shape index (κ1) is 22.5. The van der Waals surface area contributed by atoms with Crippen molar-refractivity contribution in [2.45, 2.75) is 19.9 Å². The summed E-state index contributed by atoms with van der Waals surface area (Å²) in [6, 6.07) is 17.6. The molecule has 0 aliphatic carbocycles. The van der Waals surface area contributed by atoms with E-state index in [9.17, 15) is 14.7 Å². The number of aliphatic hydroxyl groups is 1. The van der Waals surface area contributed by atoms with Crippen LogP contribution in [-0.4, -0.2) is 21.8 Å². The van der Waals surface area contributed by atoms with Crippen molar-refractivity contribution in [3.8, 4) is 10.6 Å². The maximum atomic E-state index is 13.9. The van der Waals surface area contributed by atoms with Crippen LogP contribution in [0.5, 0.6) is 0 Å². The number of nitrogens with zero attached hydrogens (tertiary/aromatic N) is 2. The average molecular weight is 507 g/mol. The van der Waals surface area contributed by atoms with E-state index in [0.29, 0.717) is 26.3 Å². The Morgan fingerprint density at radius 1 is 1.09 bits per heavy atom. The zero-order valence-corrected chi connectivity index (χ0v) is 20.7. The van der Waals surface area contributed by atoms with Gasteiger partial charge in [0, 0.05) is 21.2 Å². The molecule has 2 aromatic heterocycles. The third-order valence-electron chi connectivity index (χ3n) is 5.71. The Bertz CT molecular complexity index is 1460. The first-order valence-electron chi connectivity index (χ1n) is 10.5. The van der Waals surface area contributed by atoms with Gasteiger partial charge in [-0.15, -0.1) is 22.7 Å². The van der Waals surface area contributed by atoms with E-state index in [-0.39, 0.29) is 5.57 Å². The molecule has 8 heteroatoms. The molecule has 170 valence electrons. The fourth-order valence-electron chi connectivity index (χ4n) is 4.08. The Morgan fingerprint density at radius 3 is 2.53 bits per heavy atom. The molecule has 1 unspecified atom stereocenters. The van der Waals surface area contributed by atoms with Crippen LogP contribution in [0.3, 0.4) is 0 Å². The number of hydrogen-bond donors (Lipinski definition) is 1. The van der Waals surface area contributed by atoms with E-state index in [2.05, 4.69) is 4.98 Å². The van der Waals surface area contributed by atoms with Crippen molar-refractivity contribution in [2.24, 2.45) is 0 Å². The standard InChI is InChI=1S/C26H19ClN2O3S2/c1-14-11-12-33-23(14)20-19(22(31)26(32)29(20)18-10-6-9-17(27)13-18)21(30)24-15(2)28-25(34-24)16-7-4-3-5-8-16/h3-13,20,31H,1-2H3. The van der Waals surface area contributed by atoms with Crippen LogP contribution in [0.15, 0.2) is 77.4 Å². The lowest BCUT2D eigenvalue weighted by Gasteiger charge is -2.26. The number of benzene rings is 2. The van der Waals surface area contributed by atoms with Crippen molar-refractivity contribution < 1.29 is 14.7 Å². The molecule has 5 rings (SSSR count). The number of carbonyl (C=O) groups is 2. The van der Waals surface area contributed by atoms with E-state index in [0.717, 1.165) is 16.0 Å². The number of Topliss-reactive ketones (excluding diaryl/α,β-unsaturated/α-hetero) is 1. The molecular formula is C26H19ClN2O3S2. The lowest BCUT2D eigenvalue weighted by atomic mass is 9.98. The van der Waals surface area contributed by atoms with Crippen molar-refractivity contribution >= 4 is 51.7 Å². The second kappa shape index (κ2) is 8.83. The highest BCUT2D eigenvalue weighted by Gasteiger charge is 2.46. The van der Waals surface area contributed by atoms with Crippen LogP contribution in [0.25, 0.3) is 10.6 Å². The minimum absolute atomic E-state index is 0.0573. The first-order chi connectivity index (χ1) is 16.4. The van der Waals surface area contributed by atoms with Crippen LogP contribution >= 0.6 is 34.3 Å². The van der Waals surface area contributed by atoms with Gasteiger partial charge >= 0.3 is 0 Å². The maximum absolute atomic E-state index is 13.9. The second-order valence-corrected chi connectivity index (χ2v) is 10.3. The smallest absolute Gasteiger partial charge is 0.294 e. The highest BCUT2D eigenvalue weighted by atomic mass is 35.5. The largest absolute Gasteiger partial charge is 0.503 e. The normalized spacial score (nSPS) is 15.9. The van der Waals surface area contributed by atoms with Gasteiger partial charge in [0.15, 0.2) is 5.76 Å². The van der Waals surface area contributed by atoms with Crippen molar-refractivity contribution in [2.75, 3.05) is 4.90 Å². The molecule has 0 radical (unpaired) electrons. The quantitative estimate of drug-likeness (QED) is 0.298. The number of thiophene rings is 1. The molecular weight excluding hydrogens is 488 g/mol. The molecule has 1 aliphatic heterocycles. The van der Waals surface area contributed by atoms with E-state index in [4.69, 9.17) is 11.6 Å². The zero-order valence-electron chi connectivity index (χ0n) is 18.3. The molecule has 5 nitrogen and oxygen atoms in total. The van der Waals surface area contributed by atoms with E-state index < -0.39 is 23.5 Å². The number of amides is 1. The number of hydrogen-bond acceptors (Lipinski definition) is 6. The number of carbonyl (C=O) groups excluding carboxylic acids is 2. The van der Waals surface area contributed by atoms with Gasteiger partial charge in [-0.05, 0) is 49.1 Å². The van der Waals surface area contributed by atoms with Gasteiger partial charge in [-0.1, -0.05) is 48.0 Å². The molecule has 0 saturated carbocycles. The summed E-state index contributed by atoms with van der Waals surface area (Å²) in [5.74, 6) is -1.57. The molecule has 1 atom stereocenters. The predicted molar refractivity (Wildman–Crippen MR) is 137 cm³/mol. The van der Waals surface area contributed by atoms with E-state index in [1.807, 2.05) is 48.7 Å². The van der Waals surface area contributed by atoms with E-state index in [1.165, 1.54) is 27.6 Å². The molecule has 1 N–H and O–H groups in total. The number of ketones is 1. The van der Waals surface area contributed by atoms with Crippen LogP contribution in [0, 0.1) is 13.8 Å². The minimum Gasteiger partial charge on any atom is -0.503 e. The van der Waals surface area contributed by atoms with Gasteiger partial charge in [-0.3, -0.25) is 14.5 Å². The summed E-state index contributed by atoms with van der Waals surface area (Å²) in [4.78, 5) is 34.4. The molecule has 0 fully saturated rings. The average Bonchev–Trinajstić information content (AvgIpc) is 3.50. The fraction of sp³-hybridized carbons (Fsp3) is 0.115. The monoisotopic (exact) mass is 506 g/mol. The van der Waals surface area contributed by atoms with Crippen LogP contribution in [-0.2, 0) is 4.79 Å². The highest BCUT2D eigenvalue weighted by molar-refractivity contribution is 7.17. The first-order valence-corrected chi connectivity index (χ1v) is 12.6. The van der Waals surface area contributed by atoms with Gasteiger partial charge < -0.3 is 5.11 Å². The van der Waals surface area contributed by atoms with Gasteiger partial charge in [0.05, 0.1) is 16.1 Å². The summed E-state index contributed by atoms with van der Waals surface area (Å²) in [7, 11) is 0. The SMILES string of the molecule is Cc1ccsc1C1C(C(=O)c2sc(-c3ccccc3)nc2C)=C(O)C(=O)N1c1cccc(Cl)c1. The molecule has 0 bridgehead atoms. The van der Waals surface area contributed by atoms with Gasteiger partial charge in [-0.25, -0.2) is 4.98 Å². The number of anilines is 1. The summed E-state index contributed by atoms with van der Waals surface area (Å²) < 4.78 is 0. The van der Waals surface area contributed by atoms with E-state index in [1.54, 1.807) is 31.2 Å². The van der Waals surface area contributed by atoms with Crippen LogP contribution < -0.4 is 4.90 Å². The van der Waals surface area contributed by atoms with Gasteiger partial charge in [0.2, 0.25) is 5.78 Å². The number of halogens is 1. The summed E-state index contributed by atoms with van der Waals surface area (Å²) in [5, 5.41) is 14.1. The molecule has 0 spiro atoms. The summed E-state index contributed by atoms with van der Waals surface area (Å²) in [6.45, 7) is 3.69. The Kier molecular flexibility index (Phi) is 5.85. The number of thiazole rings is 1. The predicted octanol–water partition coefficient (Wildman–Crippen LogP) is 6.92. The van der Waals surface area contributed by atoms with Crippen LogP contribution in [0.4, 0.5) is 5.69 Å². The Morgan fingerprint density at radius 2 is 1.85 bits per heavy atom. The molecule has 0 saturated heterocycles. The molecule has 3 heterocycles. The molecule has 34 heavy (non-hydrogen) atoms. The van der Waals surface area contributed by atoms with E-state index >= 15 is 0 Å².